The molecule has 6 aromatic carbocycles. The molecule has 0 atom stereocenters. The lowest BCUT2D eigenvalue weighted by molar-refractivity contribution is 1.10. The van der Waals surface area contributed by atoms with Gasteiger partial charge in [-0.05, 0) is 75.5 Å². The third kappa shape index (κ3) is 3.15. The molecule has 0 saturated heterocycles. The molecular weight excluding hydrogens is 436 g/mol. The van der Waals surface area contributed by atoms with Gasteiger partial charge in [-0.3, -0.25) is 4.57 Å². The molecule has 2 heteroatoms. The number of benzene rings is 6. The van der Waals surface area contributed by atoms with E-state index in [2.05, 4.69) is 139 Å². The molecule has 0 aliphatic carbocycles. The van der Waals surface area contributed by atoms with Gasteiger partial charge >= 0.3 is 0 Å². The zero-order valence-electron chi connectivity index (χ0n) is 20.0. The van der Waals surface area contributed by atoms with E-state index in [1.165, 1.54) is 38.2 Å². The highest BCUT2D eigenvalue weighted by Crippen LogP contribution is 2.40. The normalized spacial score (nSPS) is 11.5. The molecular formula is C34H24N2. The maximum Gasteiger partial charge on any atom is 0.145 e. The molecule has 0 aliphatic rings. The number of rotatable bonds is 3. The third-order valence-electron chi connectivity index (χ3n) is 7.19. The average molecular weight is 461 g/mol. The summed E-state index contributed by atoms with van der Waals surface area (Å²) in [5.41, 5.74) is 8.11. The summed E-state index contributed by atoms with van der Waals surface area (Å²) < 4.78 is 2.26. The van der Waals surface area contributed by atoms with Crippen LogP contribution in [0.2, 0.25) is 0 Å². The lowest BCUT2D eigenvalue weighted by atomic mass is 9.88. The van der Waals surface area contributed by atoms with Crippen molar-refractivity contribution in [3.8, 4) is 28.2 Å². The van der Waals surface area contributed by atoms with E-state index in [9.17, 15) is 0 Å². The number of aryl methyl sites for hydroxylation is 1. The van der Waals surface area contributed by atoms with Crippen LogP contribution in [0.5, 0.6) is 0 Å². The van der Waals surface area contributed by atoms with E-state index in [-0.39, 0.29) is 0 Å². The summed E-state index contributed by atoms with van der Waals surface area (Å²) in [7, 11) is 0. The summed E-state index contributed by atoms with van der Waals surface area (Å²) in [6, 6.07) is 45.2. The van der Waals surface area contributed by atoms with Crippen molar-refractivity contribution in [2.24, 2.45) is 0 Å². The van der Waals surface area contributed by atoms with Crippen LogP contribution in [-0.2, 0) is 0 Å². The number of fused-ring (bicyclic) bond motifs is 3. The summed E-state index contributed by atoms with van der Waals surface area (Å²) in [5, 5.41) is 5.16. The first-order valence-corrected chi connectivity index (χ1v) is 12.3. The van der Waals surface area contributed by atoms with Gasteiger partial charge in [-0.1, -0.05) is 97.1 Å². The molecule has 0 fully saturated rings. The number of aromatic nitrogens is 2. The Balaban J connectivity index is 1.52. The van der Waals surface area contributed by atoms with Crippen LogP contribution in [0, 0.1) is 6.92 Å². The molecule has 170 valence electrons. The molecule has 0 unspecified atom stereocenters. The minimum Gasteiger partial charge on any atom is -0.292 e. The Morgan fingerprint density at radius 1 is 0.528 bits per heavy atom. The predicted molar refractivity (Wildman–Crippen MR) is 152 cm³/mol. The van der Waals surface area contributed by atoms with Gasteiger partial charge in [0.15, 0.2) is 0 Å². The second-order valence-corrected chi connectivity index (χ2v) is 9.27. The summed E-state index contributed by atoms with van der Waals surface area (Å²) in [4.78, 5) is 5.10. The van der Waals surface area contributed by atoms with Crippen molar-refractivity contribution in [3.63, 3.8) is 0 Å². The first kappa shape index (κ1) is 20.7. The topological polar surface area (TPSA) is 17.8 Å². The van der Waals surface area contributed by atoms with Gasteiger partial charge in [-0.25, -0.2) is 4.98 Å². The summed E-state index contributed by atoms with van der Waals surface area (Å²) in [6.07, 6.45) is 0. The quantitative estimate of drug-likeness (QED) is 0.241. The molecule has 2 nitrogen and oxygen atoms in total. The zero-order chi connectivity index (χ0) is 24.1. The molecule has 0 spiro atoms. The monoisotopic (exact) mass is 460 g/mol. The van der Waals surface area contributed by atoms with Gasteiger partial charge in [-0.15, -0.1) is 0 Å². The summed E-state index contributed by atoms with van der Waals surface area (Å²) >= 11 is 0. The number of hydrogen-bond acceptors (Lipinski definition) is 1. The fourth-order valence-electron chi connectivity index (χ4n) is 5.53. The highest BCUT2D eigenvalue weighted by molar-refractivity contribution is 6.15. The Labute approximate surface area is 210 Å². The fraction of sp³-hybridized carbons (Fsp3) is 0.0294. The molecule has 36 heavy (non-hydrogen) atoms. The summed E-state index contributed by atoms with van der Waals surface area (Å²) in [6.45, 7) is 2.23. The van der Waals surface area contributed by atoms with E-state index in [1.54, 1.807) is 0 Å². The lowest BCUT2D eigenvalue weighted by Gasteiger charge is -2.16. The highest BCUT2D eigenvalue weighted by atomic mass is 15.1. The van der Waals surface area contributed by atoms with Gasteiger partial charge < -0.3 is 0 Å². The van der Waals surface area contributed by atoms with Crippen molar-refractivity contribution < 1.29 is 0 Å². The molecule has 0 saturated carbocycles. The van der Waals surface area contributed by atoms with Gasteiger partial charge in [0.05, 0.1) is 11.0 Å². The van der Waals surface area contributed by atoms with Crippen molar-refractivity contribution in [3.05, 3.63) is 133 Å². The van der Waals surface area contributed by atoms with Gasteiger partial charge in [0.2, 0.25) is 0 Å². The molecule has 0 N–H and O–H groups in total. The molecule has 0 aliphatic heterocycles. The summed E-state index contributed by atoms with van der Waals surface area (Å²) in [5.74, 6) is 0.949. The standard InChI is InChI=1S/C34H24N2/c1-23-27-16-5-7-18-29(27)33(30-19-8-6-17-28(23)30)24-12-11-13-25(22-24)34-35-31-20-9-10-21-32(31)36(34)26-14-3-2-4-15-26/h2-22H,1H3. The van der Waals surface area contributed by atoms with E-state index in [4.69, 9.17) is 4.98 Å². The smallest absolute Gasteiger partial charge is 0.145 e. The Kier molecular flexibility index (Phi) is 4.71. The van der Waals surface area contributed by atoms with Gasteiger partial charge in [0, 0.05) is 11.3 Å². The van der Waals surface area contributed by atoms with Crippen LogP contribution < -0.4 is 0 Å². The number of para-hydroxylation sites is 3. The Morgan fingerprint density at radius 2 is 1.11 bits per heavy atom. The van der Waals surface area contributed by atoms with Crippen molar-refractivity contribution >= 4 is 32.6 Å². The Hall–Kier alpha value is -4.69. The minimum absolute atomic E-state index is 0.949. The van der Waals surface area contributed by atoms with Gasteiger partial charge in [-0.2, -0.15) is 0 Å². The average Bonchev–Trinajstić information content (AvgIpc) is 3.34. The zero-order valence-corrected chi connectivity index (χ0v) is 20.0. The first-order chi connectivity index (χ1) is 17.8. The minimum atomic E-state index is 0.949. The highest BCUT2D eigenvalue weighted by Gasteiger charge is 2.17. The van der Waals surface area contributed by atoms with Gasteiger partial charge in [0.1, 0.15) is 5.82 Å². The van der Waals surface area contributed by atoms with Crippen molar-refractivity contribution in [2.45, 2.75) is 6.92 Å². The molecule has 0 amide bonds. The second-order valence-electron chi connectivity index (χ2n) is 9.27. The second kappa shape index (κ2) is 8.21. The lowest BCUT2D eigenvalue weighted by Crippen LogP contribution is -1.97. The van der Waals surface area contributed by atoms with E-state index >= 15 is 0 Å². The van der Waals surface area contributed by atoms with Crippen molar-refractivity contribution in [1.29, 1.82) is 0 Å². The van der Waals surface area contributed by atoms with Crippen LogP contribution in [0.15, 0.2) is 127 Å². The molecule has 7 rings (SSSR count). The van der Waals surface area contributed by atoms with E-state index < -0.39 is 0 Å². The van der Waals surface area contributed by atoms with Crippen LogP contribution in [0.1, 0.15) is 5.56 Å². The molecule has 7 aromatic rings. The molecule has 1 heterocycles. The Bertz CT molecular complexity index is 1840. The van der Waals surface area contributed by atoms with Crippen LogP contribution >= 0.6 is 0 Å². The third-order valence-corrected chi connectivity index (χ3v) is 7.19. The maximum absolute atomic E-state index is 5.10. The molecule has 0 radical (unpaired) electrons. The van der Waals surface area contributed by atoms with Crippen molar-refractivity contribution in [1.82, 2.24) is 9.55 Å². The van der Waals surface area contributed by atoms with E-state index in [1.807, 2.05) is 0 Å². The number of nitrogens with zero attached hydrogens (tertiary/aromatic N) is 2. The van der Waals surface area contributed by atoms with Crippen LogP contribution in [0.4, 0.5) is 0 Å². The number of imidazole rings is 1. The molecule has 0 bridgehead atoms. The fourth-order valence-corrected chi connectivity index (χ4v) is 5.53. The maximum atomic E-state index is 5.10. The van der Waals surface area contributed by atoms with Crippen LogP contribution in [0.3, 0.4) is 0 Å². The predicted octanol–water partition coefficient (Wildman–Crippen LogP) is 8.97. The Morgan fingerprint density at radius 3 is 1.83 bits per heavy atom. The van der Waals surface area contributed by atoms with Crippen molar-refractivity contribution in [2.75, 3.05) is 0 Å². The van der Waals surface area contributed by atoms with E-state index in [0.717, 1.165) is 28.1 Å². The van der Waals surface area contributed by atoms with E-state index in [0.29, 0.717) is 0 Å². The first-order valence-electron chi connectivity index (χ1n) is 12.3. The largest absolute Gasteiger partial charge is 0.292 e. The van der Waals surface area contributed by atoms with Gasteiger partial charge in [0.25, 0.3) is 0 Å². The number of hydrogen-bond donors (Lipinski definition) is 0. The molecule has 1 aromatic heterocycles. The van der Waals surface area contributed by atoms with Crippen LogP contribution in [0.25, 0.3) is 60.8 Å². The van der Waals surface area contributed by atoms with Crippen LogP contribution in [-0.4, -0.2) is 9.55 Å². The SMILES string of the molecule is Cc1c2ccccc2c(-c2cccc(-c3nc4ccccc4n3-c3ccccc3)c2)c2ccccc12.